The maximum Gasteiger partial charge on any atom is 0.193 e. The molecule has 2 heteroatoms. The van der Waals surface area contributed by atoms with Crippen LogP contribution in [0.2, 0.25) is 0 Å². The zero-order valence-corrected chi connectivity index (χ0v) is 13.9. The van der Waals surface area contributed by atoms with Crippen LogP contribution in [0.4, 0.5) is 0 Å². The maximum atomic E-state index is 11.8. The van der Waals surface area contributed by atoms with Gasteiger partial charge in [-0.25, -0.2) is 0 Å². The molecule has 0 bridgehead atoms. The highest BCUT2D eigenvalue weighted by Gasteiger charge is 2.06. The van der Waals surface area contributed by atoms with E-state index >= 15 is 0 Å². The summed E-state index contributed by atoms with van der Waals surface area (Å²) in [7, 11) is 0. The number of aryl methyl sites for hydroxylation is 1. The average molecular weight is 316 g/mol. The summed E-state index contributed by atoms with van der Waals surface area (Å²) in [6.45, 7) is 3.58. The third-order valence-corrected chi connectivity index (χ3v) is 3.53. The lowest BCUT2D eigenvalue weighted by molar-refractivity contribution is 0.101. The van der Waals surface area contributed by atoms with Crippen molar-refractivity contribution < 1.29 is 9.59 Å². The van der Waals surface area contributed by atoms with Gasteiger partial charge in [-0.3, -0.25) is 9.59 Å². The van der Waals surface area contributed by atoms with Gasteiger partial charge in [-0.2, -0.15) is 0 Å². The molecule has 0 amide bonds. The summed E-state index contributed by atoms with van der Waals surface area (Å²) < 4.78 is 0. The van der Waals surface area contributed by atoms with Crippen molar-refractivity contribution >= 4 is 11.6 Å². The third kappa shape index (κ3) is 5.03. The Kier molecular flexibility index (Phi) is 6.21. The van der Waals surface area contributed by atoms with E-state index in [0.717, 1.165) is 16.7 Å². The quantitative estimate of drug-likeness (QED) is 0.629. The van der Waals surface area contributed by atoms with Gasteiger partial charge in [-0.05, 0) is 13.8 Å². The van der Waals surface area contributed by atoms with Crippen molar-refractivity contribution in [3.8, 4) is 0 Å². The van der Waals surface area contributed by atoms with Crippen LogP contribution >= 0.6 is 0 Å². The first kappa shape index (κ1) is 17.4. The van der Waals surface area contributed by atoms with Crippen LogP contribution in [0.5, 0.6) is 0 Å². The SMILES string of the molecule is CC(=O)c1ccc(C)cc1.O=C(c1ccccc1)c1ccccc1. The Morgan fingerprint density at radius 2 is 1.00 bits per heavy atom. The van der Waals surface area contributed by atoms with Gasteiger partial charge in [-0.15, -0.1) is 0 Å². The zero-order valence-electron chi connectivity index (χ0n) is 13.9. The molecule has 120 valence electrons. The number of hydrogen-bond donors (Lipinski definition) is 0. The minimum absolute atomic E-state index is 0.0752. The number of carbonyl (C=O) groups is 2. The summed E-state index contributed by atoms with van der Waals surface area (Å²) in [5, 5.41) is 0. The molecule has 2 nitrogen and oxygen atoms in total. The van der Waals surface area contributed by atoms with E-state index in [0.29, 0.717) is 0 Å². The van der Waals surface area contributed by atoms with Crippen molar-refractivity contribution in [1.29, 1.82) is 0 Å². The molecule has 3 aromatic carbocycles. The predicted octanol–water partition coefficient (Wildman–Crippen LogP) is 5.12. The van der Waals surface area contributed by atoms with Crippen LogP contribution in [0.1, 0.15) is 38.8 Å². The standard InChI is InChI=1S/C13H10O.C9H10O/c14-13(11-7-3-1-4-8-11)12-9-5-2-6-10-12;1-7-3-5-9(6-4-7)8(2)10/h1-10H;3-6H,1-2H3. The largest absolute Gasteiger partial charge is 0.295 e. The van der Waals surface area contributed by atoms with E-state index in [1.165, 1.54) is 5.56 Å². The van der Waals surface area contributed by atoms with Crippen molar-refractivity contribution in [1.82, 2.24) is 0 Å². The molecule has 0 heterocycles. The molecule has 0 unspecified atom stereocenters. The Bertz CT molecular complexity index is 747. The highest BCUT2D eigenvalue weighted by atomic mass is 16.1. The van der Waals surface area contributed by atoms with Crippen LogP contribution in [0.25, 0.3) is 0 Å². The molecule has 0 aliphatic carbocycles. The topological polar surface area (TPSA) is 34.1 Å². The van der Waals surface area contributed by atoms with Crippen LogP contribution in [-0.2, 0) is 0 Å². The molecule has 24 heavy (non-hydrogen) atoms. The van der Waals surface area contributed by atoms with E-state index in [2.05, 4.69) is 0 Å². The van der Waals surface area contributed by atoms with Gasteiger partial charge >= 0.3 is 0 Å². The molecule has 0 aliphatic heterocycles. The van der Waals surface area contributed by atoms with Crippen LogP contribution in [0.3, 0.4) is 0 Å². The number of hydrogen-bond acceptors (Lipinski definition) is 2. The Morgan fingerprint density at radius 1 is 0.583 bits per heavy atom. The smallest absolute Gasteiger partial charge is 0.193 e. The molecule has 0 N–H and O–H groups in total. The predicted molar refractivity (Wildman–Crippen MR) is 97.5 cm³/mol. The first-order chi connectivity index (χ1) is 11.6. The van der Waals surface area contributed by atoms with E-state index in [1.807, 2.05) is 91.9 Å². The molecule has 0 spiro atoms. The summed E-state index contributed by atoms with van der Waals surface area (Å²) >= 11 is 0. The van der Waals surface area contributed by atoms with Crippen LogP contribution in [0, 0.1) is 6.92 Å². The van der Waals surface area contributed by atoms with E-state index in [1.54, 1.807) is 6.92 Å². The normalized spacial score (nSPS) is 9.58. The van der Waals surface area contributed by atoms with Gasteiger partial charge in [0.1, 0.15) is 0 Å². The summed E-state index contributed by atoms with van der Waals surface area (Å²) in [5.41, 5.74) is 3.44. The lowest BCUT2D eigenvalue weighted by Crippen LogP contribution is -1.99. The van der Waals surface area contributed by atoms with E-state index < -0.39 is 0 Å². The first-order valence-corrected chi connectivity index (χ1v) is 7.80. The van der Waals surface area contributed by atoms with Crippen molar-refractivity contribution in [2.75, 3.05) is 0 Å². The Morgan fingerprint density at radius 3 is 1.38 bits per heavy atom. The van der Waals surface area contributed by atoms with Crippen LogP contribution in [0.15, 0.2) is 84.9 Å². The summed E-state index contributed by atoms with van der Waals surface area (Å²) in [6.07, 6.45) is 0. The Balaban J connectivity index is 0.000000185. The lowest BCUT2D eigenvalue weighted by atomic mass is 10.0. The van der Waals surface area contributed by atoms with Gasteiger partial charge in [-0.1, -0.05) is 90.5 Å². The highest BCUT2D eigenvalue weighted by molar-refractivity contribution is 6.08. The number of carbonyl (C=O) groups excluding carboxylic acids is 2. The molecule has 0 saturated heterocycles. The fourth-order valence-electron chi connectivity index (χ4n) is 2.13. The summed E-state index contributed by atoms with van der Waals surface area (Å²) in [5.74, 6) is 0.200. The molecule has 3 rings (SSSR count). The molecular weight excluding hydrogens is 296 g/mol. The fourth-order valence-corrected chi connectivity index (χ4v) is 2.13. The fraction of sp³-hybridized carbons (Fsp3) is 0.0909. The molecule has 0 saturated carbocycles. The molecule has 0 radical (unpaired) electrons. The Labute approximate surface area is 142 Å². The van der Waals surface area contributed by atoms with Crippen molar-refractivity contribution in [3.63, 3.8) is 0 Å². The van der Waals surface area contributed by atoms with Gasteiger partial charge in [0.25, 0.3) is 0 Å². The molecule has 0 aliphatic rings. The molecule has 3 aromatic rings. The maximum absolute atomic E-state index is 11.8. The third-order valence-electron chi connectivity index (χ3n) is 3.53. The molecule has 0 aromatic heterocycles. The second-order valence-electron chi connectivity index (χ2n) is 5.48. The van der Waals surface area contributed by atoms with E-state index in [-0.39, 0.29) is 11.6 Å². The van der Waals surface area contributed by atoms with E-state index in [4.69, 9.17) is 0 Å². The molecular formula is C22H20O2. The van der Waals surface area contributed by atoms with Crippen molar-refractivity contribution in [2.45, 2.75) is 13.8 Å². The zero-order chi connectivity index (χ0) is 17.4. The minimum Gasteiger partial charge on any atom is -0.295 e. The van der Waals surface area contributed by atoms with Crippen LogP contribution in [-0.4, -0.2) is 11.6 Å². The van der Waals surface area contributed by atoms with Gasteiger partial charge in [0, 0.05) is 16.7 Å². The van der Waals surface area contributed by atoms with Gasteiger partial charge in [0.2, 0.25) is 0 Å². The first-order valence-electron chi connectivity index (χ1n) is 7.80. The number of rotatable bonds is 3. The number of ketones is 2. The molecule has 0 atom stereocenters. The van der Waals surface area contributed by atoms with Gasteiger partial charge in [0.05, 0.1) is 0 Å². The summed E-state index contributed by atoms with van der Waals surface area (Å²) in [4.78, 5) is 22.6. The van der Waals surface area contributed by atoms with Gasteiger partial charge in [0.15, 0.2) is 11.6 Å². The minimum atomic E-state index is 0.0752. The monoisotopic (exact) mass is 316 g/mol. The second kappa shape index (κ2) is 8.59. The Hall–Kier alpha value is -3.00. The number of benzene rings is 3. The molecule has 0 fully saturated rings. The lowest BCUT2D eigenvalue weighted by Gasteiger charge is -1.99. The average Bonchev–Trinajstić information content (AvgIpc) is 2.63. The summed E-state index contributed by atoms with van der Waals surface area (Å²) in [6, 6.07) is 26.2. The van der Waals surface area contributed by atoms with Gasteiger partial charge < -0.3 is 0 Å². The van der Waals surface area contributed by atoms with E-state index in [9.17, 15) is 9.59 Å². The number of Topliss-reactive ketones (excluding diaryl/α,β-unsaturated/α-hetero) is 1. The van der Waals surface area contributed by atoms with Crippen molar-refractivity contribution in [2.24, 2.45) is 0 Å². The van der Waals surface area contributed by atoms with Crippen molar-refractivity contribution in [3.05, 3.63) is 107 Å². The highest BCUT2D eigenvalue weighted by Crippen LogP contribution is 2.08. The van der Waals surface area contributed by atoms with Crippen LogP contribution < -0.4 is 0 Å². The second-order valence-corrected chi connectivity index (χ2v) is 5.48.